The minimum atomic E-state index is -1.03. The quantitative estimate of drug-likeness (QED) is 0.488. The summed E-state index contributed by atoms with van der Waals surface area (Å²) in [5.41, 5.74) is 1.33. The van der Waals surface area contributed by atoms with E-state index in [1.54, 1.807) is 36.4 Å². The molecule has 3 aromatic rings. The van der Waals surface area contributed by atoms with Crippen molar-refractivity contribution < 1.29 is 24.4 Å². The van der Waals surface area contributed by atoms with Gasteiger partial charge in [-0.15, -0.1) is 0 Å². The maximum Gasteiger partial charge on any atom is 0.420 e. The van der Waals surface area contributed by atoms with E-state index in [0.717, 1.165) is 0 Å². The van der Waals surface area contributed by atoms with Gasteiger partial charge >= 0.3 is 12.1 Å². The molecule has 0 heterocycles. The minimum absolute atomic E-state index is 0.108. The minimum Gasteiger partial charge on any atom is -0.478 e. The molecule has 0 aliphatic carbocycles. The summed E-state index contributed by atoms with van der Waals surface area (Å²) >= 11 is 0. The molecule has 0 aromatic heterocycles. The highest BCUT2D eigenvalue weighted by Gasteiger charge is 2.19. The van der Waals surface area contributed by atoms with Crippen molar-refractivity contribution in [3.05, 3.63) is 100 Å². The summed E-state index contributed by atoms with van der Waals surface area (Å²) in [5, 5.41) is 19.8. The number of rotatable bonds is 6. The number of carboxylic acid groups (broad SMARTS) is 1. The number of nitrogens with zero attached hydrogens (tertiary/aromatic N) is 2. The Balaban J connectivity index is 1.82. The molecule has 3 aromatic carbocycles. The number of carboxylic acids is 1. The van der Waals surface area contributed by atoms with Crippen molar-refractivity contribution in [2.45, 2.75) is 6.54 Å². The molecule has 0 atom stereocenters. The molecule has 146 valence electrons. The summed E-state index contributed by atoms with van der Waals surface area (Å²) in [6.45, 7) is 0.149. The van der Waals surface area contributed by atoms with Crippen LogP contribution in [0.15, 0.2) is 78.9 Å². The number of amides is 1. The van der Waals surface area contributed by atoms with Crippen LogP contribution in [0.3, 0.4) is 0 Å². The number of ether oxygens (including phenoxy) is 1. The predicted molar refractivity (Wildman–Crippen MR) is 105 cm³/mol. The van der Waals surface area contributed by atoms with Crippen molar-refractivity contribution in [1.29, 1.82) is 0 Å². The Kier molecular flexibility index (Phi) is 5.84. The van der Waals surface area contributed by atoms with Crippen molar-refractivity contribution in [3.63, 3.8) is 0 Å². The Hall–Kier alpha value is -4.20. The van der Waals surface area contributed by atoms with E-state index in [4.69, 9.17) is 9.84 Å². The molecule has 0 aliphatic heterocycles. The van der Waals surface area contributed by atoms with Crippen LogP contribution >= 0.6 is 0 Å². The average molecular weight is 392 g/mol. The molecular formula is C21H16N2O6. The molecular weight excluding hydrogens is 376 g/mol. The number of hydrogen-bond donors (Lipinski definition) is 1. The van der Waals surface area contributed by atoms with Crippen LogP contribution in [0.4, 0.5) is 16.2 Å². The molecule has 1 amide bonds. The van der Waals surface area contributed by atoms with Crippen molar-refractivity contribution in [2.24, 2.45) is 0 Å². The zero-order chi connectivity index (χ0) is 20.8. The molecule has 8 heteroatoms. The van der Waals surface area contributed by atoms with Crippen molar-refractivity contribution in [3.8, 4) is 5.75 Å². The number of anilines is 1. The molecule has 1 N–H and O–H groups in total. The summed E-state index contributed by atoms with van der Waals surface area (Å²) in [6.07, 6.45) is -0.674. The average Bonchev–Trinajstić information content (AvgIpc) is 2.73. The largest absolute Gasteiger partial charge is 0.478 e. The van der Waals surface area contributed by atoms with E-state index in [2.05, 4.69) is 0 Å². The third kappa shape index (κ3) is 4.95. The van der Waals surface area contributed by atoms with Crippen LogP contribution in [-0.4, -0.2) is 22.1 Å². The molecule has 8 nitrogen and oxygen atoms in total. The SMILES string of the molecule is O=C(O)c1ccc(CN(C(=O)Oc2ccc([N+](=O)[O-])cc2)c2ccccc2)cc1. The molecule has 0 fully saturated rings. The lowest BCUT2D eigenvalue weighted by Gasteiger charge is -2.22. The lowest BCUT2D eigenvalue weighted by atomic mass is 10.1. The van der Waals surface area contributed by atoms with Crippen LogP contribution in [0.5, 0.6) is 5.75 Å². The number of aromatic carboxylic acids is 1. The second-order valence-corrected chi connectivity index (χ2v) is 6.04. The van der Waals surface area contributed by atoms with Crippen LogP contribution in [0.1, 0.15) is 15.9 Å². The fraction of sp³-hybridized carbons (Fsp3) is 0.0476. The smallest absolute Gasteiger partial charge is 0.420 e. The summed E-state index contributed by atoms with van der Waals surface area (Å²) in [4.78, 5) is 35.4. The van der Waals surface area contributed by atoms with E-state index in [1.807, 2.05) is 6.07 Å². The van der Waals surface area contributed by atoms with Gasteiger partial charge < -0.3 is 9.84 Å². The van der Waals surface area contributed by atoms with Gasteiger partial charge in [-0.1, -0.05) is 30.3 Å². The topological polar surface area (TPSA) is 110 Å². The number of carbonyl (C=O) groups excluding carboxylic acids is 1. The number of non-ortho nitro benzene ring substituents is 1. The molecule has 0 spiro atoms. The Morgan fingerprint density at radius 3 is 2.10 bits per heavy atom. The Morgan fingerprint density at radius 1 is 0.931 bits per heavy atom. The normalized spacial score (nSPS) is 10.2. The van der Waals surface area contributed by atoms with Crippen LogP contribution in [0.25, 0.3) is 0 Å². The molecule has 0 aliphatic rings. The van der Waals surface area contributed by atoms with Gasteiger partial charge in [-0.3, -0.25) is 15.0 Å². The number of benzene rings is 3. The van der Waals surface area contributed by atoms with E-state index in [1.165, 1.54) is 41.3 Å². The standard InChI is InChI=1S/C21H16N2O6/c24-20(25)16-8-6-15(7-9-16)14-22(17-4-2-1-3-5-17)21(26)29-19-12-10-18(11-13-19)23(27)28/h1-13H,14H2,(H,24,25). The van der Waals surface area contributed by atoms with Gasteiger partial charge in [0.1, 0.15) is 5.75 Å². The lowest BCUT2D eigenvalue weighted by Crippen LogP contribution is -2.33. The van der Waals surface area contributed by atoms with E-state index in [-0.39, 0.29) is 23.5 Å². The Morgan fingerprint density at radius 2 is 1.55 bits per heavy atom. The second kappa shape index (κ2) is 8.66. The summed E-state index contributed by atoms with van der Waals surface area (Å²) in [5.74, 6) is -0.864. The van der Waals surface area contributed by atoms with Gasteiger partial charge in [-0.25, -0.2) is 9.59 Å². The van der Waals surface area contributed by atoms with Gasteiger partial charge in [0.05, 0.1) is 17.0 Å². The van der Waals surface area contributed by atoms with Gasteiger partial charge in [-0.05, 0) is 42.0 Å². The first-order chi connectivity index (χ1) is 13.9. The predicted octanol–water partition coefficient (Wildman–Crippen LogP) is 4.50. The van der Waals surface area contributed by atoms with E-state index < -0.39 is 17.0 Å². The fourth-order valence-corrected chi connectivity index (χ4v) is 2.60. The molecule has 29 heavy (non-hydrogen) atoms. The molecule has 3 rings (SSSR count). The molecule has 0 unspecified atom stereocenters. The second-order valence-electron chi connectivity index (χ2n) is 6.04. The zero-order valence-corrected chi connectivity index (χ0v) is 15.1. The number of carbonyl (C=O) groups is 2. The van der Waals surface area contributed by atoms with Gasteiger partial charge in [0, 0.05) is 17.8 Å². The molecule has 0 saturated heterocycles. The highest BCUT2D eigenvalue weighted by atomic mass is 16.6. The first kappa shape index (κ1) is 19.6. The first-order valence-corrected chi connectivity index (χ1v) is 8.55. The van der Waals surface area contributed by atoms with Crippen LogP contribution in [-0.2, 0) is 6.54 Å². The summed E-state index contributed by atoms with van der Waals surface area (Å²) in [6, 6.07) is 20.2. The Bertz CT molecular complexity index is 1020. The highest BCUT2D eigenvalue weighted by molar-refractivity contribution is 5.89. The van der Waals surface area contributed by atoms with Crippen molar-refractivity contribution in [2.75, 3.05) is 4.90 Å². The van der Waals surface area contributed by atoms with Gasteiger partial charge in [-0.2, -0.15) is 0 Å². The van der Waals surface area contributed by atoms with Crippen molar-refractivity contribution >= 4 is 23.4 Å². The van der Waals surface area contributed by atoms with E-state index in [0.29, 0.717) is 11.3 Å². The number of para-hydroxylation sites is 1. The number of nitro groups is 1. The monoisotopic (exact) mass is 392 g/mol. The van der Waals surface area contributed by atoms with Gasteiger partial charge in [0.25, 0.3) is 5.69 Å². The molecule has 0 bridgehead atoms. The summed E-state index contributed by atoms with van der Waals surface area (Å²) < 4.78 is 5.37. The van der Waals surface area contributed by atoms with Gasteiger partial charge in [0.2, 0.25) is 0 Å². The number of hydrogen-bond acceptors (Lipinski definition) is 5. The highest BCUT2D eigenvalue weighted by Crippen LogP contribution is 2.22. The van der Waals surface area contributed by atoms with Crippen molar-refractivity contribution in [1.82, 2.24) is 0 Å². The molecule has 0 saturated carbocycles. The van der Waals surface area contributed by atoms with Crippen LogP contribution < -0.4 is 9.64 Å². The lowest BCUT2D eigenvalue weighted by molar-refractivity contribution is -0.384. The Labute approximate surface area is 165 Å². The van der Waals surface area contributed by atoms with Crippen LogP contribution in [0.2, 0.25) is 0 Å². The molecule has 0 radical (unpaired) electrons. The maximum absolute atomic E-state index is 12.8. The first-order valence-electron chi connectivity index (χ1n) is 8.55. The third-order valence-electron chi connectivity index (χ3n) is 4.08. The number of nitro benzene ring substituents is 1. The maximum atomic E-state index is 12.8. The van der Waals surface area contributed by atoms with E-state index >= 15 is 0 Å². The van der Waals surface area contributed by atoms with Gasteiger partial charge in [0.15, 0.2) is 0 Å². The third-order valence-corrected chi connectivity index (χ3v) is 4.08. The zero-order valence-electron chi connectivity index (χ0n) is 15.1. The summed E-state index contributed by atoms with van der Waals surface area (Å²) in [7, 11) is 0. The van der Waals surface area contributed by atoms with E-state index in [9.17, 15) is 19.7 Å². The fourth-order valence-electron chi connectivity index (χ4n) is 2.60. The van der Waals surface area contributed by atoms with Crippen LogP contribution in [0, 0.1) is 10.1 Å².